The van der Waals surface area contributed by atoms with E-state index < -0.39 is 0 Å². The zero-order valence-electron chi connectivity index (χ0n) is 19.2. The first-order valence-corrected chi connectivity index (χ1v) is 12.5. The number of benzene rings is 1. The van der Waals surface area contributed by atoms with E-state index in [1.54, 1.807) is 6.20 Å². The predicted octanol–water partition coefficient (Wildman–Crippen LogP) is 4.85. The molecule has 5 rings (SSSR count). The molecule has 8 heteroatoms. The van der Waals surface area contributed by atoms with Crippen molar-refractivity contribution in [1.82, 2.24) is 14.5 Å². The SMILES string of the molecule is Cc1ccc(-c2csc3ncn(CCC(=O)Nc4cccnc4N4CCCCC4)c(=O)c23)cc1. The van der Waals surface area contributed by atoms with Gasteiger partial charge in [0.2, 0.25) is 5.91 Å². The monoisotopic (exact) mass is 473 g/mol. The van der Waals surface area contributed by atoms with Crippen LogP contribution < -0.4 is 15.8 Å². The lowest BCUT2D eigenvalue weighted by atomic mass is 10.1. The molecule has 1 fully saturated rings. The van der Waals surface area contributed by atoms with Gasteiger partial charge in [0, 0.05) is 43.2 Å². The minimum atomic E-state index is -0.151. The summed E-state index contributed by atoms with van der Waals surface area (Å²) in [5.41, 5.74) is 3.65. The number of pyridine rings is 1. The summed E-state index contributed by atoms with van der Waals surface area (Å²) in [5.74, 6) is 0.666. The molecule has 174 valence electrons. The molecule has 0 saturated carbocycles. The molecule has 1 N–H and O–H groups in total. The number of aromatic nitrogens is 3. The van der Waals surface area contributed by atoms with Gasteiger partial charge in [-0.05, 0) is 43.9 Å². The Morgan fingerprint density at radius 2 is 1.88 bits per heavy atom. The molecule has 7 nitrogen and oxygen atoms in total. The topological polar surface area (TPSA) is 80.1 Å². The Morgan fingerprint density at radius 3 is 2.68 bits per heavy atom. The summed E-state index contributed by atoms with van der Waals surface area (Å²) < 4.78 is 1.53. The lowest BCUT2D eigenvalue weighted by Crippen LogP contribution is -2.31. The third kappa shape index (κ3) is 4.59. The van der Waals surface area contributed by atoms with Gasteiger partial charge in [-0.2, -0.15) is 0 Å². The zero-order chi connectivity index (χ0) is 23.5. The van der Waals surface area contributed by atoms with Gasteiger partial charge in [0.1, 0.15) is 4.83 Å². The van der Waals surface area contributed by atoms with Gasteiger partial charge in [0.25, 0.3) is 5.56 Å². The van der Waals surface area contributed by atoms with Crippen molar-refractivity contribution in [2.45, 2.75) is 39.2 Å². The molecule has 1 aliphatic heterocycles. The van der Waals surface area contributed by atoms with E-state index in [0.29, 0.717) is 10.2 Å². The summed E-state index contributed by atoms with van der Waals surface area (Å²) >= 11 is 1.46. The molecule has 1 saturated heterocycles. The molecule has 0 radical (unpaired) electrons. The normalized spacial score (nSPS) is 13.9. The maximum atomic E-state index is 13.3. The number of piperidine rings is 1. The van der Waals surface area contributed by atoms with Gasteiger partial charge in [-0.25, -0.2) is 9.97 Å². The standard InChI is InChI=1S/C26H27N5O2S/c1-18-7-9-19(10-8-18)20-16-34-25-23(20)26(33)31(17-28-25)15-11-22(32)29-21-6-5-12-27-24(21)30-13-3-2-4-14-30/h5-10,12,16-17H,2-4,11,13-15H2,1H3,(H,29,32). The first-order chi connectivity index (χ1) is 16.6. The van der Waals surface area contributed by atoms with Crippen molar-refractivity contribution in [3.8, 4) is 11.1 Å². The first kappa shape index (κ1) is 22.3. The molecule has 0 aliphatic carbocycles. The van der Waals surface area contributed by atoms with Crippen LogP contribution in [0.15, 0.2) is 59.1 Å². The number of nitrogens with one attached hydrogen (secondary N) is 1. The minimum absolute atomic E-state index is 0.120. The number of carbonyl (C=O) groups excluding carboxylic acids is 1. The van der Waals surface area contributed by atoms with Crippen LogP contribution in [-0.2, 0) is 11.3 Å². The number of hydrogen-bond acceptors (Lipinski definition) is 6. The van der Waals surface area contributed by atoms with Crippen molar-refractivity contribution in [2.24, 2.45) is 0 Å². The van der Waals surface area contributed by atoms with Crippen LogP contribution >= 0.6 is 11.3 Å². The van der Waals surface area contributed by atoms with Gasteiger partial charge in [-0.15, -0.1) is 11.3 Å². The quantitative estimate of drug-likeness (QED) is 0.433. The molecule has 3 aromatic heterocycles. The van der Waals surface area contributed by atoms with Crippen molar-refractivity contribution in [2.75, 3.05) is 23.3 Å². The fourth-order valence-corrected chi connectivity index (χ4v) is 5.27. The fraction of sp³-hybridized carbons (Fsp3) is 0.308. The number of aryl methyl sites for hydroxylation is 2. The first-order valence-electron chi connectivity index (χ1n) is 11.6. The maximum Gasteiger partial charge on any atom is 0.262 e. The van der Waals surface area contributed by atoms with Crippen LogP contribution in [0.4, 0.5) is 11.5 Å². The van der Waals surface area contributed by atoms with E-state index in [9.17, 15) is 9.59 Å². The van der Waals surface area contributed by atoms with E-state index in [2.05, 4.69) is 20.2 Å². The number of fused-ring (bicyclic) bond motifs is 1. The van der Waals surface area contributed by atoms with Crippen molar-refractivity contribution in [3.63, 3.8) is 0 Å². The highest BCUT2D eigenvalue weighted by Gasteiger charge is 2.18. The summed E-state index contributed by atoms with van der Waals surface area (Å²) in [6.45, 7) is 4.20. The minimum Gasteiger partial charge on any atom is -0.355 e. The molecular formula is C26H27N5O2S. The molecule has 0 atom stereocenters. The summed E-state index contributed by atoms with van der Waals surface area (Å²) in [6.07, 6.45) is 6.97. The third-order valence-electron chi connectivity index (χ3n) is 6.22. The molecule has 0 unspecified atom stereocenters. The molecule has 4 heterocycles. The maximum absolute atomic E-state index is 13.3. The number of hydrogen-bond donors (Lipinski definition) is 1. The lowest BCUT2D eigenvalue weighted by Gasteiger charge is -2.29. The second kappa shape index (κ2) is 9.77. The smallest absolute Gasteiger partial charge is 0.262 e. The van der Waals surface area contributed by atoms with Crippen LogP contribution in [0.25, 0.3) is 21.3 Å². The number of nitrogens with zero attached hydrogens (tertiary/aromatic N) is 4. The molecular weight excluding hydrogens is 446 g/mol. The third-order valence-corrected chi connectivity index (χ3v) is 7.11. The summed E-state index contributed by atoms with van der Waals surface area (Å²) in [4.78, 5) is 38.0. The number of carbonyl (C=O) groups is 1. The second-order valence-electron chi connectivity index (χ2n) is 8.66. The molecule has 1 amide bonds. The Kier molecular flexibility index (Phi) is 6.40. The Bertz CT molecular complexity index is 1370. The van der Waals surface area contributed by atoms with E-state index in [1.807, 2.05) is 48.7 Å². The van der Waals surface area contributed by atoms with E-state index in [0.717, 1.165) is 48.6 Å². The second-order valence-corrected chi connectivity index (χ2v) is 9.52. The predicted molar refractivity (Wildman–Crippen MR) is 138 cm³/mol. The van der Waals surface area contributed by atoms with Gasteiger partial charge in [0.05, 0.1) is 17.4 Å². The van der Waals surface area contributed by atoms with Gasteiger partial charge < -0.3 is 10.2 Å². The summed E-state index contributed by atoms with van der Waals surface area (Å²) in [7, 11) is 0. The van der Waals surface area contributed by atoms with Crippen LogP contribution in [-0.4, -0.2) is 33.5 Å². The Labute approximate surface area is 202 Å². The van der Waals surface area contributed by atoms with Crippen LogP contribution in [0.5, 0.6) is 0 Å². The van der Waals surface area contributed by atoms with Crippen LogP contribution in [0.2, 0.25) is 0 Å². The molecule has 1 aliphatic rings. The average Bonchev–Trinajstić information content (AvgIpc) is 3.30. The van der Waals surface area contributed by atoms with Crippen molar-refractivity contribution >= 4 is 39.0 Å². The van der Waals surface area contributed by atoms with E-state index in [4.69, 9.17) is 0 Å². The molecule has 0 spiro atoms. The number of thiophene rings is 1. The highest BCUT2D eigenvalue weighted by Crippen LogP contribution is 2.31. The van der Waals surface area contributed by atoms with Crippen molar-refractivity contribution < 1.29 is 4.79 Å². The Balaban J connectivity index is 1.32. The molecule has 34 heavy (non-hydrogen) atoms. The van der Waals surface area contributed by atoms with Gasteiger partial charge in [0.15, 0.2) is 5.82 Å². The van der Waals surface area contributed by atoms with E-state index in [1.165, 1.54) is 34.2 Å². The van der Waals surface area contributed by atoms with Gasteiger partial charge in [-0.3, -0.25) is 14.2 Å². The largest absolute Gasteiger partial charge is 0.355 e. The van der Waals surface area contributed by atoms with Crippen LogP contribution in [0.3, 0.4) is 0 Å². The summed E-state index contributed by atoms with van der Waals surface area (Å²) in [6, 6.07) is 11.8. The van der Waals surface area contributed by atoms with Crippen LogP contribution in [0, 0.1) is 6.92 Å². The number of anilines is 2. The van der Waals surface area contributed by atoms with Gasteiger partial charge >= 0.3 is 0 Å². The summed E-state index contributed by atoms with van der Waals surface area (Å²) in [5, 5.41) is 5.58. The molecule has 0 bridgehead atoms. The van der Waals surface area contributed by atoms with Crippen LogP contribution in [0.1, 0.15) is 31.2 Å². The van der Waals surface area contributed by atoms with E-state index >= 15 is 0 Å². The highest BCUT2D eigenvalue weighted by molar-refractivity contribution is 7.17. The Morgan fingerprint density at radius 1 is 1.09 bits per heavy atom. The average molecular weight is 474 g/mol. The molecule has 1 aromatic carbocycles. The Hall–Kier alpha value is -3.52. The number of rotatable bonds is 6. The lowest BCUT2D eigenvalue weighted by molar-refractivity contribution is -0.116. The van der Waals surface area contributed by atoms with Crippen molar-refractivity contribution in [3.05, 3.63) is 70.2 Å². The van der Waals surface area contributed by atoms with Gasteiger partial charge in [-0.1, -0.05) is 29.8 Å². The highest BCUT2D eigenvalue weighted by atomic mass is 32.1. The fourth-order valence-electron chi connectivity index (χ4n) is 4.36. The van der Waals surface area contributed by atoms with E-state index in [-0.39, 0.29) is 24.4 Å². The molecule has 4 aromatic rings. The zero-order valence-corrected chi connectivity index (χ0v) is 20.0. The van der Waals surface area contributed by atoms with Crippen molar-refractivity contribution in [1.29, 1.82) is 0 Å². The number of amides is 1.